The molecule has 18 heavy (non-hydrogen) atoms. The molecule has 0 aromatic heterocycles. The van der Waals surface area contributed by atoms with Gasteiger partial charge < -0.3 is 5.11 Å². The average Bonchev–Trinajstić information content (AvgIpc) is 2.34. The molecule has 0 heterocycles. The minimum Gasteiger partial charge on any atom is -0.507 e. The van der Waals surface area contributed by atoms with Crippen molar-refractivity contribution in [1.29, 1.82) is 0 Å². The Bertz CT molecular complexity index is 627. The van der Waals surface area contributed by atoms with Gasteiger partial charge in [0.25, 0.3) is 5.69 Å². The number of nitro groups is 1. The highest BCUT2D eigenvalue weighted by molar-refractivity contribution is 6.48. The van der Waals surface area contributed by atoms with Gasteiger partial charge in [-0.15, -0.1) is 0 Å². The number of non-ortho nitro benzene ring substituents is 1. The van der Waals surface area contributed by atoms with E-state index in [9.17, 15) is 24.8 Å². The van der Waals surface area contributed by atoms with Crippen molar-refractivity contribution in [3.05, 3.63) is 57.9 Å². The van der Waals surface area contributed by atoms with E-state index in [4.69, 9.17) is 0 Å². The Labute approximate surface area is 101 Å². The molecule has 0 spiro atoms. The number of carbonyl (C=O) groups excluding carboxylic acids is 2. The van der Waals surface area contributed by atoms with Crippen LogP contribution < -0.4 is 0 Å². The number of nitro benzene ring substituents is 1. The first-order chi connectivity index (χ1) is 8.49. The first kappa shape index (κ1) is 11.7. The van der Waals surface area contributed by atoms with E-state index in [-0.39, 0.29) is 17.0 Å². The minimum absolute atomic E-state index is 0.100. The van der Waals surface area contributed by atoms with Crippen molar-refractivity contribution in [1.82, 2.24) is 0 Å². The molecule has 0 unspecified atom stereocenters. The highest BCUT2D eigenvalue weighted by atomic mass is 16.6. The lowest BCUT2D eigenvalue weighted by Crippen LogP contribution is -2.14. The van der Waals surface area contributed by atoms with Crippen LogP contribution in [0.4, 0.5) is 5.69 Å². The monoisotopic (exact) mass is 245 g/mol. The maximum atomic E-state index is 11.2. The van der Waals surface area contributed by atoms with Crippen molar-refractivity contribution < 1.29 is 19.6 Å². The standard InChI is InChI=1S/C12H7NO5/c14-10-6-12(16)11(15)5-9(10)7-2-1-3-8(4-7)13(17)18/h1-6,14H. The molecule has 0 saturated carbocycles. The Morgan fingerprint density at radius 3 is 2.44 bits per heavy atom. The van der Waals surface area contributed by atoms with Crippen LogP contribution in [0.1, 0.15) is 5.56 Å². The Morgan fingerprint density at radius 2 is 1.78 bits per heavy atom. The predicted molar refractivity (Wildman–Crippen MR) is 61.8 cm³/mol. The molecule has 6 heteroatoms. The molecule has 1 aromatic carbocycles. The summed E-state index contributed by atoms with van der Waals surface area (Å²) in [7, 11) is 0. The van der Waals surface area contributed by atoms with Crippen LogP contribution in [-0.4, -0.2) is 21.6 Å². The highest BCUT2D eigenvalue weighted by Crippen LogP contribution is 2.26. The van der Waals surface area contributed by atoms with Crippen molar-refractivity contribution >= 4 is 22.8 Å². The minimum atomic E-state index is -0.818. The van der Waals surface area contributed by atoms with E-state index in [2.05, 4.69) is 0 Å². The second-order valence-corrected chi connectivity index (χ2v) is 3.62. The van der Waals surface area contributed by atoms with Crippen LogP contribution in [0.5, 0.6) is 0 Å². The molecule has 0 radical (unpaired) electrons. The topological polar surface area (TPSA) is 97.5 Å². The number of aliphatic hydroxyl groups excluding tert-OH is 1. The van der Waals surface area contributed by atoms with Crippen molar-refractivity contribution in [2.45, 2.75) is 0 Å². The summed E-state index contributed by atoms with van der Waals surface area (Å²) in [5.41, 5.74) is 0.243. The lowest BCUT2D eigenvalue weighted by molar-refractivity contribution is -0.384. The van der Waals surface area contributed by atoms with Crippen molar-refractivity contribution in [2.24, 2.45) is 0 Å². The number of ketones is 2. The van der Waals surface area contributed by atoms with Gasteiger partial charge in [0, 0.05) is 29.9 Å². The Kier molecular flexibility index (Phi) is 2.77. The molecule has 0 fully saturated rings. The molecule has 1 aliphatic carbocycles. The average molecular weight is 245 g/mol. The summed E-state index contributed by atoms with van der Waals surface area (Å²) in [6.45, 7) is 0. The first-order valence-corrected chi connectivity index (χ1v) is 4.95. The van der Waals surface area contributed by atoms with Crippen LogP contribution in [-0.2, 0) is 9.59 Å². The smallest absolute Gasteiger partial charge is 0.270 e. The molecule has 0 amide bonds. The number of rotatable bonds is 2. The summed E-state index contributed by atoms with van der Waals surface area (Å²) < 4.78 is 0. The summed E-state index contributed by atoms with van der Waals surface area (Å²) in [5, 5.41) is 20.2. The van der Waals surface area contributed by atoms with Gasteiger partial charge in [-0.2, -0.15) is 0 Å². The van der Waals surface area contributed by atoms with Crippen LogP contribution in [0.2, 0.25) is 0 Å². The zero-order valence-electron chi connectivity index (χ0n) is 8.99. The fourth-order valence-corrected chi connectivity index (χ4v) is 1.57. The largest absolute Gasteiger partial charge is 0.507 e. The van der Waals surface area contributed by atoms with Crippen LogP contribution >= 0.6 is 0 Å². The predicted octanol–water partition coefficient (Wildman–Crippen LogP) is 1.57. The quantitative estimate of drug-likeness (QED) is 0.369. The molecule has 2 rings (SSSR count). The SMILES string of the molecule is O=C1C=C(O)C(c2cccc([N+](=O)[O-])c2)=CC1=O. The number of hydrogen-bond acceptors (Lipinski definition) is 5. The van der Waals surface area contributed by atoms with Gasteiger partial charge in [0.2, 0.25) is 11.6 Å². The molecular formula is C12H7NO5. The molecule has 0 bridgehead atoms. The third-order valence-electron chi connectivity index (χ3n) is 2.43. The third kappa shape index (κ3) is 2.03. The molecule has 0 aliphatic heterocycles. The van der Waals surface area contributed by atoms with Gasteiger partial charge >= 0.3 is 0 Å². The van der Waals surface area contributed by atoms with Gasteiger partial charge in [-0.3, -0.25) is 19.7 Å². The third-order valence-corrected chi connectivity index (χ3v) is 2.43. The number of carbonyl (C=O) groups is 2. The Hall–Kier alpha value is -2.76. The lowest BCUT2D eigenvalue weighted by Gasteiger charge is -2.09. The van der Waals surface area contributed by atoms with Gasteiger partial charge in [0.15, 0.2) is 0 Å². The number of nitrogens with zero attached hydrogens (tertiary/aromatic N) is 1. The zero-order chi connectivity index (χ0) is 13.3. The number of benzene rings is 1. The molecule has 6 nitrogen and oxygen atoms in total. The molecule has 1 aliphatic rings. The van der Waals surface area contributed by atoms with Gasteiger partial charge in [-0.25, -0.2) is 0 Å². The van der Waals surface area contributed by atoms with Crippen molar-refractivity contribution in [2.75, 3.05) is 0 Å². The van der Waals surface area contributed by atoms with Crippen LogP contribution in [0.25, 0.3) is 5.57 Å². The lowest BCUT2D eigenvalue weighted by atomic mass is 9.96. The summed E-state index contributed by atoms with van der Waals surface area (Å²) in [6.07, 6.45) is 1.77. The van der Waals surface area contributed by atoms with Crippen molar-refractivity contribution in [3.8, 4) is 0 Å². The molecule has 0 saturated heterocycles. The van der Waals surface area contributed by atoms with Gasteiger partial charge in [0.1, 0.15) is 5.76 Å². The van der Waals surface area contributed by atoms with Crippen LogP contribution in [0, 0.1) is 10.1 Å². The number of aliphatic hydroxyl groups is 1. The number of hydrogen-bond donors (Lipinski definition) is 1. The first-order valence-electron chi connectivity index (χ1n) is 4.95. The maximum absolute atomic E-state index is 11.2. The second kappa shape index (κ2) is 4.25. The summed E-state index contributed by atoms with van der Waals surface area (Å²) in [5.74, 6) is -1.96. The molecular weight excluding hydrogens is 238 g/mol. The summed E-state index contributed by atoms with van der Waals surface area (Å²) >= 11 is 0. The van der Waals surface area contributed by atoms with Crippen molar-refractivity contribution in [3.63, 3.8) is 0 Å². The van der Waals surface area contributed by atoms with E-state index in [1.807, 2.05) is 0 Å². The summed E-state index contributed by atoms with van der Waals surface area (Å²) in [4.78, 5) is 32.3. The maximum Gasteiger partial charge on any atom is 0.270 e. The normalized spacial score (nSPS) is 15.1. The Morgan fingerprint density at radius 1 is 1.11 bits per heavy atom. The molecule has 1 aromatic rings. The van der Waals surface area contributed by atoms with E-state index >= 15 is 0 Å². The van der Waals surface area contributed by atoms with E-state index < -0.39 is 16.5 Å². The van der Waals surface area contributed by atoms with Crippen LogP contribution in [0.3, 0.4) is 0 Å². The Balaban J connectivity index is 2.50. The van der Waals surface area contributed by atoms with Gasteiger partial charge in [-0.1, -0.05) is 12.1 Å². The fraction of sp³-hybridized carbons (Fsp3) is 0. The van der Waals surface area contributed by atoms with Gasteiger partial charge in [-0.05, 0) is 5.56 Å². The summed E-state index contributed by atoms with van der Waals surface area (Å²) in [6, 6.07) is 5.45. The van der Waals surface area contributed by atoms with E-state index in [0.717, 1.165) is 12.2 Å². The highest BCUT2D eigenvalue weighted by Gasteiger charge is 2.21. The van der Waals surface area contributed by atoms with Crippen LogP contribution in [0.15, 0.2) is 42.2 Å². The van der Waals surface area contributed by atoms with E-state index in [0.29, 0.717) is 5.56 Å². The second-order valence-electron chi connectivity index (χ2n) is 3.62. The zero-order valence-corrected chi connectivity index (χ0v) is 8.99. The fourth-order valence-electron chi connectivity index (χ4n) is 1.57. The van der Waals surface area contributed by atoms with E-state index in [1.54, 1.807) is 0 Å². The molecule has 1 N–H and O–H groups in total. The molecule has 0 atom stereocenters. The number of allylic oxidation sites excluding steroid dienone is 3. The molecule has 90 valence electrons. The van der Waals surface area contributed by atoms with Gasteiger partial charge in [0.05, 0.1) is 4.92 Å². The van der Waals surface area contributed by atoms with E-state index in [1.165, 1.54) is 24.3 Å².